The van der Waals surface area contributed by atoms with E-state index < -0.39 is 58.4 Å². The SMILES string of the molecule is NC(=O)C1CCC2CN1C(=O)N2OS(=O)(=O)ON1C(=O)N2CC1CCC2C(N)=O. The molecule has 4 fully saturated rings. The van der Waals surface area contributed by atoms with Gasteiger partial charge in [0.15, 0.2) is 0 Å². The number of carbonyl (C=O) groups excluding carboxylic acids is 4. The molecule has 0 saturated carbocycles. The van der Waals surface area contributed by atoms with Crippen molar-refractivity contribution < 1.29 is 36.2 Å². The molecule has 160 valence electrons. The van der Waals surface area contributed by atoms with Crippen LogP contribution in [0.1, 0.15) is 25.7 Å². The number of hydrogen-bond acceptors (Lipinski definition) is 8. The first-order valence-electron chi connectivity index (χ1n) is 9.01. The minimum atomic E-state index is -4.84. The molecule has 4 unspecified atom stereocenters. The summed E-state index contributed by atoms with van der Waals surface area (Å²) in [6.07, 6.45) is 1.18. The largest absolute Gasteiger partial charge is 0.442 e. The molecule has 0 aromatic heterocycles. The second kappa shape index (κ2) is 6.70. The molecule has 4 aliphatic heterocycles. The molecule has 0 radical (unpaired) electrons. The molecule has 4 N–H and O–H groups in total. The van der Waals surface area contributed by atoms with E-state index in [9.17, 15) is 27.6 Å². The third kappa shape index (κ3) is 3.24. The van der Waals surface area contributed by atoms with Crippen LogP contribution < -0.4 is 11.5 Å². The molecule has 4 heterocycles. The average Bonchev–Trinajstić information content (AvgIpc) is 3.01. The van der Waals surface area contributed by atoms with Gasteiger partial charge in [-0.3, -0.25) is 9.59 Å². The van der Waals surface area contributed by atoms with E-state index in [0.29, 0.717) is 23.0 Å². The third-order valence-corrected chi connectivity index (χ3v) is 6.33. The Labute approximate surface area is 165 Å². The first kappa shape index (κ1) is 19.7. The molecule has 14 nitrogen and oxygen atoms in total. The van der Waals surface area contributed by atoms with Gasteiger partial charge in [0.25, 0.3) is 0 Å². The van der Waals surface area contributed by atoms with Crippen LogP contribution in [0.2, 0.25) is 0 Å². The summed E-state index contributed by atoms with van der Waals surface area (Å²) < 4.78 is 34.4. The zero-order valence-electron chi connectivity index (χ0n) is 15.2. The lowest BCUT2D eigenvalue weighted by Gasteiger charge is -2.27. The molecule has 29 heavy (non-hydrogen) atoms. The normalized spacial score (nSPS) is 31.6. The number of nitrogens with two attached hydrogens (primary N) is 2. The van der Waals surface area contributed by atoms with E-state index in [0.717, 1.165) is 9.80 Å². The van der Waals surface area contributed by atoms with Gasteiger partial charge in [-0.25, -0.2) is 9.59 Å². The van der Waals surface area contributed by atoms with Gasteiger partial charge in [0.05, 0.1) is 12.1 Å². The number of nitrogens with zero attached hydrogens (tertiary/aromatic N) is 4. The summed E-state index contributed by atoms with van der Waals surface area (Å²) in [6, 6.07) is -4.54. The number of urea groups is 2. The van der Waals surface area contributed by atoms with E-state index in [1.165, 1.54) is 0 Å². The van der Waals surface area contributed by atoms with E-state index in [1.54, 1.807) is 0 Å². The Kier molecular flexibility index (Phi) is 4.54. The van der Waals surface area contributed by atoms with E-state index in [4.69, 9.17) is 20.0 Å². The molecule has 4 aliphatic rings. The first-order valence-corrected chi connectivity index (χ1v) is 10.3. The topological polar surface area (TPSA) is 186 Å². The summed E-state index contributed by atoms with van der Waals surface area (Å²) in [7, 11) is -4.84. The maximum atomic E-state index is 12.4. The zero-order valence-corrected chi connectivity index (χ0v) is 16.0. The number of hydrogen-bond donors (Lipinski definition) is 2. The van der Waals surface area contributed by atoms with Crippen LogP contribution in [0.15, 0.2) is 0 Å². The van der Waals surface area contributed by atoms with Crippen LogP contribution in [0.5, 0.6) is 0 Å². The second-order valence-electron chi connectivity index (χ2n) is 7.38. The highest BCUT2D eigenvalue weighted by molar-refractivity contribution is 7.81. The Balaban J connectivity index is 1.45. The van der Waals surface area contributed by atoms with Crippen molar-refractivity contribution in [3.05, 3.63) is 0 Å². The highest BCUT2D eigenvalue weighted by atomic mass is 32.3. The lowest BCUT2D eigenvalue weighted by atomic mass is 10.0. The van der Waals surface area contributed by atoms with Crippen LogP contribution >= 0.6 is 0 Å². The van der Waals surface area contributed by atoms with Crippen molar-refractivity contribution in [2.75, 3.05) is 13.1 Å². The molecule has 0 aromatic carbocycles. The van der Waals surface area contributed by atoms with Crippen LogP contribution in [0.3, 0.4) is 0 Å². The quantitative estimate of drug-likeness (QED) is 0.465. The fourth-order valence-corrected chi connectivity index (χ4v) is 5.05. The molecular weight excluding hydrogens is 412 g/mol. The summed E-state index contributed by atoms with van der Waals surface area (Å²) in [5.41, 5.74) is 10.6. The minimum Gasteiger partial charge on any atom is -0.368 e. The summed E-state index contributed by atoms with van der Waals surface area (Å²) in [5, 5.41) is 1.24. The van der Waals surface area contributed by atoms with Crippen molar-refractivity contribution in [2.24, 2.45) is 11.5 Å². The van der Waals surface area contributed by atoms with Crippen LogP contribution in [0.4, 0.5) is 9.59 Å². The van der Waals surface area contributed by atoms with Crippen molar-refractivity contribution in [3.63, 3.8) is 0 Å². The monoisotopic (exact) mass is 432 g/mol. The summed E-state index contributed by atoms with van der Waals surface area (Å²) in [5.74, 6) is -1.38. The first-order chi connectivity index (χ1) is 13.6. The van der Waals surface area contributed by atoms with Gasteiger partial charge < -0.3 is 21.3 Å². The molecular formula is C14H20N6O8S. The van der Waals surface area contributed by atoms with Gasteiger partial charge >= 0.3 is 22.5 Å². The van der Waals surface area contributed by atoms with Gasteiger partial charge in [-0.1, -0.05) is 0 Å². The Morgan fingerprint density at radius 2 is 1.17 bits per heavy atom. The highest BCUT2D eigenvalue weighted by Crippen LogP contribution is 2.33. The Hall–Kier alpha value is -2.65. The molecule has 4 saturated heterocycles. The Bertz CT molecular complexity index is 815. The fraction of sp³-hybridized carbons (Fsp3) is 0.714. The number of fused-ring (bicyclic) bond motifs is 4. The van der Waals surface area contributed by atoms with Crippen LogP contribution in [-0.4, -0.2) is 89.5 Å². The number of piperidine rings is 2. The zero-order chi connectivity index (χ0) is 21.1. The van der Waals surface area contributed by atoms with E-state index >= 15 is 0 Å². The Morgan fingerprint density at radius 1 is 0.793 bits per heavy atom. The summed E-state index contributed by atoms with van der Waals surface area (Å²) >= 11 is 0. The smallest absolute Gasteiger partial charge is 0.368 e. The average molecular weight is 432 g/mol. The van der Waals surface area contributed by atoms with Gasteiger partial charge in [-0.15, -0.1) is 8.57 Å². The number of hydroxylamine groups is 4. The maximum Gasteiger partial charge on any atom is 0.442 e. The van der Waals surface area contributed by atoms with Gasteiger partial charge in [0.2, 0.25) is 11.8 Å². The molecule has 0 aromatic rings. The molecule has 4 rings (SSSR count). The predicted molar refractivity (Wildman–Crippen MR) is 91.0 cm³/mol. The lowest BCUT2D eigenvalue weighted by Crippen LogP contribution is -2.48. The van der Waals surface area contributed by atoms with Crippen LogP contribution in [0.25, 0.3) is 0 Å². The van der Waals surface area contributed by atoms with Crippen molar-refractivity contribution >= 4 is 34.3 Å². The minimum absolute atomic E-state index is 0.0846. The van der Waals surface area contributed by atoms with Crippen molar-refractivity contribution in [3.8, 4) is 0 Å². The second-order valence-corrected chi connectivity index (χ2v) is 8.49. The number of carbonyl (C=O) groups is 4. The number of rotatable bonds is 6. The van der Waals surface area contributed by atoms with Gasteiger partial charge in [0.1, 0.15) is 12.1 Å². The third-order valence-electron chi connectivity index (χ3n) is 5.65. The van der Waals surface area contributed by atoms with Crippen molar-refractivity contribution in [1.82, 2.24) is 19.9 Å². The van der Waals surface area contributed by atoms with Crippen molar-refractivity contribution in [1.29, 1.82) is 0 Å². The fourth-order valence-electron chi connectivity index (χ4n) is 4.26. The van der Waals surface area contributed by atoms with E-state index in [2.05, 4.69) is 0 Å². The van der Waals surface area contributed by atoms with E-state index in [1.807, 2.05) is 0 Å². The molecule has 0 spiro atoms. The highest BCUT2D eigenvalue weighted by Gasteiger charge is 2.52. The lowest BCUT2D eigenvalue weighted by molar-refractivity contribution is -0.123. The van der Waals surface area contributed by atoms with Crippen molar-refractivity contribution in [2.45, 2.75) is 49.9 Å². The standard InChI is InChI=1S/C14H20N6O8S/c15-11(21)9-3-1-7-5-17(9)13(23)19(7)27-29(25,26)28-20-8-2-4-10(12(16)22)18(6-8)14(20)24/h7-10H,1-6H2,(H2,15,21)(H2,16,22). The summed E-state index contributed by atoms with van der Waals surface area (Å²) in [6.45, 7) is 0.169. The summed E-state index contributed by atoms with van der Waals surface area (Å²) in [4.78, 5) is 50.1. The molecule has 4 bridgehead atoms. The van der Waals surface area contributed by atoms with Crippen LogP contribution in [0, 0.1) is 0 Å². The molecule has 6 amide bonds. The maximum absolute atomic E-state index is 12.4. The molecule has 15 heteroatoms. The predicted octanol–water partition coefficient (Wildman–Crippen LogP) is -2.40. The Morgan fingerprint density at radius 3 is 1.52 bits per heavy atom. The van der Waals surface area contributed by atoms with Crippen LogP contribution in [-0.2, 0) is 28.6 Å². The molecule has 4 atom stereocenters. The molecule has 0 aliphatic carbocycles. The van der Waals surface area contributed by atoms with E-state index in [-0.39, 0.29) is 25.9 Å². The number of amides is 6. The van der Waals surface area contributed by atoms with Gasteiger partial charge in [-0.05, 0) is 25.7 Å². The van der Waals surface area contributed by atoms with Gasteiger partial charge in [-0.2, -0.15) is 18.5 Å². The van der Waals surface area contributed by atoms with Gasteiger partial charge in [0, 0.05) is 13.1 Å². The number of primary amides is 2.